The minimum Gasteiger partial charge on any atom is -0.489 e. The third-order valence-corrected chi connectivity index (χ3v) is 2.91. The fourth-order valence-electron chi connectivity index (χ4n) is 1.76. The minimum absolute atomic E-state index is 0.109. The number of aromatic nitrogens is 2. The van der Waals surface area contributed by atoms with E-state index in [0.717, 1.165) is 23.3 Å². The fraction of sp³-hybridized carbons (Fsp3) is 0.357. The highest BCUT2D eigenvalue weighted by Crippen LogP contribution is 2.19. The molecule has 0 bridgehead atoms. The largest absolute Gasteiger partial charge is 0.489 e. The minimum atomic E-state index is 0.109. The summed E-state index contributed by atoms with van der Waals surface area (Å²) in [6, 6.07) is 8.07. The molecule has 1 unspecified atom stereocenters. The van der Waals surface area contributed by atoms with Gasteiger partial charge < -0.3 is 10.5 Å². The van der Waals surface area contributed by atoms with Gasteiger partial charge in [0, 0.05) is 24.8 Å². The summed E-state index contributed by atoms with van der Waals surface area (Å²) >= 11 is 0. The van der Waals surface area contributed by atoms with E-state index >= 15 is 0 Å². The van der Waals surface area contributed by atoms with Crippen molar-refractivity contribution in [3.8, 4) is 5.75 Å². The molecule has 2 rings (SSSR count). The summed E-state index contributed by atoms with van der Waals surface area (Å²) in [5.41, 5.74) is 8.17. The van der Waals surface area contributed by atoms with Gasteiger partial charge >= 0.3 is 0 Å². The Labute approximate surface area is 107 Å². The van der Waals surface area contributed by atoms with E-state index in [2.05, 4.69) is 12.0 Å². The summed E-state index contributed by atoms with van der Waals surface area (Å²) in [6.07, 6.45) is 4.69. The van der Waals surface area contributed by atoms with Gasteiger partial charge in [-0.05, 0) is 24.1 Å². The van der Waals surface area contributed by atoms with Crippen molar-refractivity contribution in [1.29, 1.82) is 0 Å². The standard InChI is InChI=1S/C14H19N3O/c1-3-14(15)12-4-6-13(7-5-12)18-10-11-8-16-17(2)9-11/h4-9,14H,3,10,15H2,1-2H3. The van der Waals surface area contributed by atoms with E-state index in [1.165, 1.54) is 0 Å². The maximum Gasteiger partial charge on any atom is 0.119 e. The van der Waals surface area contributed by atoms with Crippen molar-refractivity contribution in [3.05, 3.63) is 47.8 Å². The molecule has 0 radical (unpaired) electrons. The molecule has 0 saturated carbocycles. The van der Waals surface area contributed by atoms with Crippen LogP contribution in [0.5, 0.6) is 5.75 Å². The van der Waals surface area contributed by atoms with Crippen LogP contribution < -0.4 is 10.5 Å². The molecule has 0 amide bonds. The Morgan fingerprint density at radius 3 is 2.61 bits per heavy atom. The van der Waals surface area contributed by atoms with Crippen LogP contribution in [0.3, 0.4) is 0 Å². The van der Waals surface area contributed by atoms with E-state index in [1.54, 1.807) is 10.9 Å². The van der Waals surface area contributed by atoms with Crippen molar-refractivity contribution < 1.29 is 4.74 Å². The van der Waals surface area contributed by atoms with Gasteiger partial charge in [0.2, 0.25) is 0 Å². The molecule has 1 aromatic carbocycles. The topological polar surface area (TPSA) is 53.1 Å². The number of hydrogen-bond donors (Lipinski definition) is 1. The average Bonchev–Trinajstić information content (AvgIpc) is 2.82. The Bertz CT molecular complexity index is 490. The van der Waals surface area contributed by atoms with Crippen LogP contribution in [0.2, 0.25) is 0 Å². The molecule has 96 valence electrons. The number of nitrogens with two attached hydrogens (primary N) is 1. The molecule has 0 aliphatic rings. The van der Waals surface area contributed by atoms with Crippen molar-refractivity contribution in [2.45, 2.75) is 26.0 Å². The van der Waals surface area contributed by atoms with Gasteiger partial charge in [-0.3, -0.25) is 4.68 Å². The number of ether oxygens (including phenoxy) is 1. The predicted molar refractivity (Wildman–Crippen MR) is 71.2 cm³/mol. The molecule has 0 fully saturated rings. The van der Waals surface area contributed by atoms with Gasteiger partial charge in [0.05, 0.1) is 6.20 Å². The Hall–Kier alpha value is -1.81. The number of rotatable bonds is 5. The lowest BCUT2D eigenvalue weighted by atomic mass is 10.1. The zero-order chi connectivity index (χ0) is 13.0. The van der Waals surface area contributed by atoms with Gasteiger partial charge in [-0.1, -0.05) is 19.1 Å². The smallest absolute Gasteiger partial charge is 0.119 e. The van der Waals surface area contributed by atoms with Gasteiger partial charge in [0.25, 0.3) is 0 Å². The van der Waals surface area contributed by atoms with Gasteiger partial charge in [0.15, 0.2) is 0 Å². The predicted octanol–water partition coefficient (Wildman–Crippen LogP) is 2.41. The molecular formula is C14H19N3O. The van der Waals surface area contributed by atoms with Crippen LogP contribution in [0.4, 0.5) is 0 Å². The summed E-state index contributed by atoms with van der Waals surface area (Å²) < 4.78 is 7.45. The zero-order valence-electron chi connectivity index (χ0n) is 10.8. The van der Waals surface area contributed by atoms with Crippen LogP contribution in [-0.4, -0.2) is 9.78 Å². The van der Waals surface area contributed by atoms with Crippen LogP contribution >= 0.6 is 0 Å². The Kier molecular flexibility index (Phi) is 3.99. The summed E-state index contributed by atoms with van der Waals surface area (Å²) in [6.45, 7) is 2.62. The highest BCUT2D eigenvalue weighted by molar-refractivity contribution is 5.29. The van der Waals surface area contributed by atoms with Crippen LogP contribution in [0.15, 0.2) is 36.7 Å². The molecule has 1 heterocycles. The van der Waals surface area contributed by atoms with E-state index < -0.39 is 0 Å². The molecular weight excluding hydrogens is 226 g/mol. The lowest BCUT2D eigenvalue weighted by molar-refractivity contribution is 0.306. The zero-order valence-corrected chi connectivity index (χ0v) is 10.8. The SMILES string of the molecule is CCC(N)c1ccc(OCc2cnn(C)c2)cc1. The number of hydrogen-bond acceptors (Lipinski definition) is 3. The molecule has 18 heavy (non-hydrogen) atoms. The average molecular weight is 245 g/mol. The molecule has 0 saturated heterocycles. The van der Waals surface area contributed by atoms with Crippen molar-refractivity contribution in [3.63, 3.8) is 0 Å². The van der Waals surface area contributed by atoms with Crippen molar-refractivity contribution in [2.75, 3.05) is 0 Å². The third kappa shape index (κ3) is 3.11. The molecule has 0 aliphatic heterocycles. The highest BCUT2D eigenvalue weighted by Gasteiger charge is 2.03. The number of aryl methyl sites for hydroxylation is 1. The molecule has 2 aromatic rings. The van der Waals surface area contributed by atoms with Gasteiger partial charge in [0.1, 0.15) is 12.4 Å². The summed E-state index contributed by atoms with van der Waals surface area (Å²) in [5.74, 6) is 0.853. The Morgan fingerprint density at radius 2 is 2.06 bits per heavy atom. The second kappa shape index (κ2) is 5.69. The first-order chi connectivity index (χ1) is 8.69. The van der Waals surface area contributed by atoms with E-state index in [0.29, 0.717) is 6.61 Å². The normalized spacial score (nSPS) is 12.4. The number of benzene rings is 1. The Balaban J connectivity index is 1.94. The lowest BCUT2D eigenvalue weighted by Crippen LogP contribution is -2.08. The lowest BCUT2D eigenvalue weighted by Gasteiger charge is -2.10. The maximum absolute atomic E-state index is 5.96. The second-order valence-corrected chi connectivity index (χ2v) is 4.39. The Morgan fingerprint density at radius 1 is 1.33 bits per heavy atom. The number of nitrogens with zero attached hydrogens (tertiary/aromatic N) is 2. The second-order valence-electron chi connectivity index (χ2n) is 4.39. The van der Waals surface area contributed by atoms with Crippen molar-refractivity contribution in [1.82, 2.24) is 9.78 Å². The van der Waals surface area contributed by atoms with E-state index in [1.807, 2.05) is 37.5 Å². The maximum atomic E-state index is 5.96. The molecule has 1 atom stereocenters. The van der Waals surface area contributed by atoms with Gasteiger partial charge in [-0.25, -0.2) is 0 Å². The monoisotopic (exact) mass is 245 g/mol. The first-order valence-corrected chi connectivity index (χ1v) is 6.15. The van der Waals surface area contributed by atoms with Gasteiger partial charge in [-0.15, -0.1) is 0 Å². The molecule has 2 N–H and O–H groups in total. The molecule has 4 heteroatoms. The fourth-order valence-corrected chi connectivity index (χ4v) is 1.76. The third-order valence-electron chi connectivity index (χ3n) is 2.91. The molecule has 0 aliphatic carbocycles. The van der Waals surface area contributed by atoms with E-state index in [9.17, 15) is 0 Å². The van der Waals surface area contributed by atoms with E-state index in [4.69, 9.17) is 10.5 Å². The van der Waals surface area contributed by atoms with Crippen LogP contribution in [-0.2, 0) is 13.7 Å². The van der Waals surface area contributed by atoms with Crippen molar-refractivity contribution >= 4 is 0 Å². The van der Waals surface area contributed by atoms with E-state index in [-0.39, 0.29) is 6.04 Å². The first-order valence-electron chi connectivity index (χ1n) is 6.15. The van der Waals surface area contributed by atoms with Crippen LogP contribution in [0.25, 0.3) is 0 Å². The van der Waals surface area contributed by atoms with Gasteiger partial charge in [-0.2, -0.15) is 5.10 Å². The summed E-state index contributed by atoms with van der Waals surface area (Å²) in [5, 5.41) is 4.10. The first kappa shape index (κ1) is 12.6. The highest BCUT2D eigenvalue weighted by atomic mass is 16.5. The quantitative estimate of drug-likeness (QED) is 0.880. The van der Waals surface area contributed by atoms with Crippen LogP contribution in [0, 0.1) is 0 Å². The van der Waals surface area contributed by atoms with Crippen LogP contribution in [0.1, 0.15) is 30.5 Å². The van der Waals surface area contributed by atoms with Crippen molar-refractivity contribution in [2.24, 2.45) is 12.8 Å². The molecule has 4 nitrogen and oxygen atoms in total. The summed E-state index contributed by atoms with van der Waals surface area (Å²) in [7, 11) is 1.89. The molecule has 0 spiro atoms. The molecule has 1 aromatic heterocycles. The summed E-state index contributed by atoms with van der Waals surface area (Å²) in [4.78, 5) is 0.